The summed E-state index contributed by atoms with van der Waals surface area (Å²) in [6.45, 7) is 3.26. The van der Waals surface area contributed by atoms with Crippen LogP contribution in [0.15, 0.2) is 18.2 Å². The summed E-state index contributed by atoms with van der Waals surface area (Å²) in [5.74, 6) is 0. The molecule has 1 aliphatic rings. The summed E-state index contributed by atoms with van der Waals surface area (Å²) >= 11 is 6.04. The highest BCUT2D eigenvalue weighted by molar-refractivity contribution is 6.33. The van der Waals surface area contributed by atoms with Crippen LogP contribution in [0.2, 0.25) is 5.02 Å². The van der Waals surface area contributed by atoms with Crippen molar-refractivity contribution in [2.24, 2.45) is 0 Å². The molecule has 1 heterocycles. The number of halogens is 1. The van der Waals surface area contributed by atoms with E-state index in [-0.39, 0.29) is 0 Å². The van der Waals surface area contributed by atoms with Crippen molar-refractivity contribution >= 4 is 17.3 Å². The van der Waals surface area contributed by atoms with Crippen molar-refractivity contribution in [2.75, 3.05) is 32.9 Å². The minimum absolute atomic E-state index is 0.651. The lowest BCUT2D eigenvalue weighted by Crippen LogP contribution is -2.36. The molecule has 1 aromatic carbocycles. The zero-order valence-electron chi connectivity index (χ0n) is 11.2. The summed E-state index contributed by atoms with van der Waals surface area (Å²) < 4.78 is 0. The molecule has 2 rings (SSSR count). The largest absolute Gasteiger partial charge is 0.398 e. The molecule has 0 radical (unpaired) electrons. The molecule has 0 aliphatic carbocycles. The second-order valence-corrected chi connectivity index (χ2v) is 5.74. The van der Waals surface area contributed by atoms with Crippen LogP contribution in [-0.4, -0.2) is 43.0 Å². The maximum absolute atomic E-state index is 6.04. The molecule has 2 N–H and O–H groups in total. The molecule has 0 bridgehead atoms. The molecule has 1 fully saturated rings. The Hall–Kier alpha value is -0.770. The van der Waals surface area contributed by atoms with Crippen LogP contribution in [0.3, 0.4) is 0 Å². The number of likely N-dealkylation sites (tertiary alicyclic amines) is 1. The molecule has 1 atom stereocenters. The Morgan fingerprint density at radius 3 is 2.89 bits per heavy atom. The normalized spacial score (nSPS) is 20.8. The Bertz CT molecular complexity index is 408. The van der Waals surface area contributed by atoms with E-state index >= 15 is 0 Å². The van der Waals surface area contributed by atoms with Gasteiger partial charge in [-0.3, -0.25) is 0 Å². The Morgan fingerprint density at radius 2 is 2.28 bits per heavy atom. The number of nitrogens with zero attached hydrogens (tertiary/aromatic N) is 2. The van der Waals surface area contributed by atoms with Gasteiger partial charge in [-0.1, -0.05) is 17.7 Å². The van der Waals surface area contributed by atoms with Gasteiger partial charge in [-0.2, -0.15) is 0 Å². The van der Waals surface area contributed by atoms with Gasteiger partial charge in [0.25, 0.3) is 0 Å². The van der Waals surface area contributed by atoms with Gasteiger partial charge in [0.1, 0.15) is 0 Å². The second kappa shape index (κ2) is 5.91. The Morgan fingerprint density at radius 1 is 1.50 bits per heavy atom. The van der Waals surface area contributed by atoms with Gasteiger partial charge in [0, 0.05) is 19.1 Å². The highest BCUT2D eigenvalue weighted by atomic mass is 35.5. The SMILES string of the molecule is CN(Cc1ccc(N)c(Cl)c1)CC1CCCN1C. The molecule has 0 aromatic heterocycles. The number of hydrogen-bond donors (Lipinski definition) is 1. The summed E-state index contributed by atoms with van der Waals surface area (Å²) in [7, 11) is 4.38. The lowest BCUT2D eigenvalue weighted by Gasteiger charge is -2.25. The number of anilines is 1. The smallest absolute Gasteiger partial charge is 0.0638 e. The summed E-state index contributed by atoms with van der Waals surface area (Å²) in [5.41, 5.74) is 7.59. The van der Waals surface area contributed by atoms with E-state index in [1.807, 2.05) is 12.1 Å². The molecule has 3 nitrogen and oxygen atoms in total. The van der Waals surface area contributed by atoms with E-state index in [2.05, 4.69) is 30.0 Å². The van der Waals surface area contributed by atoms with Crippen LogP contribution in [0.25, 0.3) is 0 Å². The van der Waals surface area contributed by atoms with Gasteiger partial charge >= 0.3 is 0 Å². The van der Waals surface area contributed by atoms with Crippen molar-refractivity contribution < 1.29 is 0 Å². The molecule has 1 unspecified atom stereocenters. The summed E-state index contributed by atoms with van der Waals surface area (Å²) in [6, 6.07) is 6.59. The maximum atomic E-state index is 6.04. The predicted molar refractivity (Wildman–Crippen MR) is 77.9 cm³/mol. The van der Waals surface area contributed by atoms with Crippen molar-refractivity contribution in [1.29, 1.82) is 0 Å². The van der Waals surface area contributed by atoms with Crippen LogP contribution in [0.5, 0.6) is 0 Å². The molecular weight excluding hydrogens is 246 g/mol. The van der Waals surface area contributed by atoms with E-state index in [1.165, 1.54) is 24.9 Å². The monoisotopic (exact) mass is 267 g/mol. The highest BCUT2D eigenvalue weighted by Gasteiger charge is 2.21. The lowest BCUT2D eigenvalue weighted by atomic mass is 10.1. The minimum Gasteiger partial charge on any atom is -0.398 e. The molecule has 0 saturated carbocycles. The summed E-state index contributed by atoms with van der Waals surface area (Å²) in [6.07, 6.45) is 2.63. The fourth-order valence-electron chi connectivity index (χ4n) is 2.61. The number of nitrogen functional groups attached to an aromatic ring is 1. The van der Waals surface area contributed by atoms with Crippen LogP contribution >= 0.6 is 11.6 Å². The average Bonchev–Trinajstić information content (AvgIpc) is 2.70. The minimum atomic E-state index is 0.651. The molecule has 1 aliphatic heterocycles. The third-order valence-electron chi connectivity index (χ3n) is 3.71. The Kier molecular flexibility index (Phi) is 4.49. The van der Waals surface area contributed by atoms with Gasteiger partial charge in [-0.05, 0) is 51.2 Å². The number of benzene rings is 1. The van der Waals surface area contributed by atoms with Crippen molar-refractivity contribution in [1.82, 2.24) is 9.80 Å². The van der Waals surface area contributed by atoms with Crippen LogP contribution < -0.4 is 5.73 Å². The Labute approximate surface area is 115 Å². The van der Waals surface area contributed by atoms with Crippen molar-refractivity contribution in [3.8, 4) is 0 Å². The Balaban J connectivity index is 1.90. The van der Waals surface area contributed by atoms with E-state index in [9.17, 15) is 0 Å². The maximum Gasteiger partial charge on any atom is 0.0638 e. The van der Waals surface area contributed by atoms with Crippen LogP contribution in [0.4, 0.5) is 5.69 Å². The fraction of sp³-hybridized carbons (Fsp3) is 0.571. The quantitative estimate of drug-likeness (QED) is 0.851. The molecule has 1 aromatic rings. The summed E-state index contributed by atoms with van der Waals surface area (Å²) in [5, 5.41) is 0.652. The van der Waals surface area contributed by atoms with E-state index in [4.69, 9.17) is 17.3 Å². The fourth-order valence-corrected chi connectivity index (χ4v) is 2.82. The third-order valence-corrected chi connectivity index (χ3v) is 4.04. The zero-order valence-corrected chi connectivity index (χ0v) is 12.0. The standard InChI is InChI=1S/C14H22ClN3/c1-17(10-12-4-3-7-18(12)2)9-11-5-6-14(16)13(15)8-11/h5-6,8,12H,3-4,7,9-10,16H2,1-2H3. The first-order valence-electron chi connectivity index (χ1n) is 6.49. The average molecular weight is 268 g/mol. The van der Waals surface area contributed by atoms with Gasteiger partial charge in [0.2, 0.25) is 0 Å². The van der Waals surface area contributed by atoms with Gasteiger partial charge in [-0.15, -0.1) is 0 Å². The highest BCUT2D eigenvalue weighted by Crippen LogP contribution is 2.21. The molecular formula is C14H22ClN3. The zero-order chi connectivity index (χ0) is 13.1. The third kappa shape index (κ3) is 3.37. The van der Waals surface area contributed by atoms with Gasteiger partial charge in [0.15, 0.2) is 0 Å². The molecule has 1 saturated heterocycles. The topological polar surface area (TPSA) is 32.5 Å². The lowest BCUT2D eigenvalue weighted by molar-refractivity contribution is 0.215. The first-order valence-corrected chi connectivity index (χ1v) is 6.87. The van der Waals surface area contributed by atoms with Crippen molar-refractivity contribution in [2.45, 2.75) is 25.4 Å². The first kappa shape index (κ1) is 13.7. The van der Waals surface area contributed by atoms with E-state index in [0.29, 0.717) is 16.8 Å². The van der Waals surface area contributed by atoms with Gasteiger partial charge in [-0.25, -0.2) is 0 Å². The van der Waals surface area contributed by atoms with E-state index in [0.717, 1.165) is 13.1 Å². The van der Waals surface area contributed by atoms with Crippen LogP contribution in [-0.2, 0) is 6.54 Å². The number of likely N-dealkylation sites (N-methyl/N-ethyl adjacent to an activating group) is 2. The van der Waals surface area contributed by atoms with Crippen molar-refractivity contribution in [3.05, 3.63) is 28.8 Å². The number of rotatable bonds is 4. The van der Waals surface area contributed by atoms with Crippen LogP contribution in [0, 0.1) is 0 Å². The van der Waals surface area contributed by atoms with E-state index < -0.39 is 0 Å². The molecule has 0 spiro atoms. The van der Waals surface area contributed by atoms with Gasteiger partial charge < -0.3 is 15.5 Å². The molecule has 18 heavy (non-hydrogen) atoms. The number of nitrogens with two attached hydrogens (primary N) is 1. The second-order valence-electron chi connectivity index (χ2n) is 5.33. The molecule has 100 valence electrons. The van der Waals surface area contributed by atoms with Gasteiger partial charge in [0.05, 0.1) is 10.7 Å². The molecule has 4 heteroatoms. The molecule has 0 amide bonds. The van der Waals surface area contributed by atoms with Crippen LogP contribution in [0.1, 0.15) is 18.4 Å². The van der Waals surface area contributed by atoms with E-state index in [1.54, 1.807) is 0 Å². The number of hydrogen-bond acceptors (Lipinski definition) is 3. The summed E-state index contributed by atoms with van der Waals surface area (Å²) in [4.78, 5) is 4.81. The van der Waals surface area contributed by atoms with Crippen molar-refractivity contribution in [3.63, 3.8) is 0 Å². The first-order chi connectivity index (χ1) is 8.56. The predicted octanol–water partition coefficient (Wildman–Crippen LogP) is 2.45.